The molecule has 0 saturated carbocycles. The summed E-state index contributed by atoms with van der Waals surface area (Å²) in [5, 5.41) is 0. The Morgan fingerprint density at radius 1 is 1.22 bits per heavy atom. The van der Waals surface area contributed by atoms with E-state index in [0.717, 1.165) is 18.6 Å². The summed E-state index contributed by atoms with van der Waals surface area (Å²) in [5.41, 5.74) is 5.88. The maximum absolute atomic E-state index is 5.60. The quantitative estimate of drug-likeness (QED) is 0.614. The van der Waals surface area contributed by atoms with Gasteiger partial charge in [-0.15, -0.1) is 0 Å². The highest BCUT2D eigenvalue weighted by molar-refractivity contribution is 7.98. The molecule has 0 aliphatic heterocycles. The summed E-state index contributed by atoms with van der Waals surface area (Å²) in [5.74, 6) is 6.75. The van der Waals surface area contributed by atoms with Crippen molar-refractivity contribution in [1.82, 2.24) is 5.43 Å². The highest BCUT2D eigenvalue weighted by Crippen LogP contribution is 2.22. The Labute approximate surface area is 116 Å². The van der Waals surface area contributed by atoms with Gasteiger partial charge in [0.2, 0.25) is 0 Å². The highest BCUT2D eigenvalue weighted by Gasteiger charge is 2.13. The van der Waals surface area contributed by atoms with E-state index in [1.807, 2.05) is 11.8 Å². The number of benzene rings is 1. The molecule has 0 aliphatic carbocycles. The van der Waals surface area contributed by atoms with Crippen LogP contribution in [-0.4, -0.2) is 18.1 Å². The van der Waals surface area contributed by atoms with Gasteiger partial charge in [-0.05, 0) is 41.4 Å². The van der Waals surface area contributed by atoms with Crippen molar-refractivity contribution in [3.8, 4) is 0 Å². The topological polar surface area (TPSA) is 38.0 Å². The van der Waals surface area contributed by atoms with Crippen molar-refractivity contribution in [3.05, 3.63) is 35.4 Å². The first-order valence-electron chi connectivity index (χ1n) is 6.52. The molecule has 3 N–H and O–H groups in total. The highest BCUT2D eigenvalue weighted by atomic mass is 32.2. The molecule has 2 nitrogen and oxygen atoms in total. The SMILES string of the molecule is CSCCC(Cc1ccc(C(C)(C)C)cc1)NN. The van der Waals surface area contributed by atoms with Gasteiger partial charge >= 0.3 is 0 Å². The van der Waals surface area contributed by atoms with Gasteiger partial charge in [0.25, 0.3) is 0 Å². The fourth-order valence-corrected chi connectivity index (χ4v) is 2.45. The summed E-state index contributed by atoms with van der Waals surface area (Å²) < 4.78 is 0. The van der Waals surface area contributed by atoms with Gasteiger partial charge in [0, 0.05) is 6.04 Å². The van der Waals surface area contributed by atoms with Crippen LogP contribution in [-0.2, 0) is 11.8 Å². The van der Waals surface area contributed by atoms with Crippen LogP contribution >= 0.6 is 11.8 Å². The largest absolute Gasteiger partial charge is 0.271 e. The Balaban J connectivity index is 2.62. The van der Waals surface area contributed by atoms with Gasteiger partial charge in [0.15, 0.2) is 0 Å². The van der Waals surface area contributed by atoms with Crippen molar-refractivity contribution in [2.24, 2.45) is 5.84 Å². The van der Waals surface area contributed by atoms with Crippen LogP contribution in [0.3, 0.4) is 0 Å². The Bertz CT molecular complexity index is 341. The molecule has 0 heterocycles. The first-order chi connectivity index (χ1) is 8.47. The molecule has 0 aromatic heterocycles. The number of nitrogens with one attached hydrogen (secondary N) is 1. The van der Waals surface area contributed by atoms with E-state index in [-0.39, 0.29) is 5.41 Å². The minimum absolute atomic E-state index is 0.225. The Morgan fingerprint density at radius 3 is 2.28 bits per heavy atom. The molecule has 1 aromatic carbocycles. The molecule has 0 saturated heterocycles. The standard InChI is InChI=1S/C15H26N2S/c1-15(2,3)13-7-5-12(6-8-13)11-14(17-16)9-10-18-4/h5-8,14,17H,9-11,16H2,1-4H3. The molecule has 0 spiro atoms. The smallest absolute Gasteiger partial charge is 0.0258 e. The van der Waals surface area contributed by atoms with Crippen LogP contribution < -0.4 is 11.3 Å². The van der Waals surface area contributed by atoms with Gasteiger partial charge in [-0.1, -0.05) is 45.0 Å². The van der Waals surface area contributed by atoms with E-state index in [4.69, 9.17) is 5.84 Å². The van der Waals surface area contributed by atoms with E-state index in [1.165, 1.54) is 11.1 Å². The summed E-state index contributed by atoms with van der Waals surface area (Å²) >= 11 is 1.87. The lowest BCUT2D eigenvalue weighted by atomic mass is 9.86. The summed E-state index contributed by atoms with van der Waals surface area (Å²) in [4.78, 5) is 0. The zero-order chi connectivity index (χ0) is 13.6. The third kappa shape index (κ3) is 5.01. The van der Waals surface area contributed by atoms with Crippen molar-refractivity contribution in [2.45, 2.75) is 45.1 Å². The van der Waals surface area contributed by atoms with Gasteiger partial charge < -0.3 is 0 Å². The molecule has 3 heteroatoms. The second kappa shape index (κ2) is 7.17. The van der Waals surface area contributed by atoms with Crippen molar-refractivity contribution >= 4 is 11.8 Å². The first kappa shape index (κ1) is 15.5. The predicted octanol–water partition coefficient (Wildman–Crippen LogP) is 3.11. The zero-order valence-corrected chi connectivity index (χ0v) is 12.8. The minimum atomic E-state index is 0.225. The molecule has 0 amide bonds. The van der Waals surface area contributed by atoms with E-state index >= 15 is 0 Å². The van der Waals surface area contributed by atoms with Crippen LogP contribution in [0.5, 0.6) is 0 Å². The van der Waals surface area contributed by atoms with E-state index in [1.54, 1.807) is 0 Å². The van der Waals surface area contributed by atoms with Gasteiger partial charge in [-0.25, -0.2) is 0 Å². The van der Waals surface area contributed by atoms with Crippen LogP contribution in [0.1, 0.15) is 38.3 Å². The third-order valence-corrected chi connectivity index (χ3v) is 3.85. The summed E-state index contributed by atoms with van der Waals surface area (Å²) in [7, 11) is 0. The van der Waals surface area contributed by atoms with Crippen molar-refractivity contribution in [2.75, 3.05) is 12.0 Å². The van der Waals surface area contributed by atoms with Crippen LogP contribution in [0.4, 0.5) is 0 Å². The maximum Gasteiger partial charge on any atom is 0.0258 e. The third-order valence-electron chi connectivity index (χ3n) is 3.21. The number of hydrogen-bond acceptors (Lipinski definition) is 3. The number of rotatable bonds is 6. The van der Waals surface area contributed by atoms with E-state index in [9.17, 15) is 0 Å². The normalized spacial score (nSPS) is 13.6. The second-order valence-corrected chi connectivity index (χ2v) is 6.78. The molecule has 18 heavy (non-hydrogen) atoms. The molecular weight excluding hydrogens is 240 g/mol. The van der Waals surface area contributed by atoms with E-state index in [2.05, 4.69) is 56.7 Å². The minimum Gasteiger partial charge on any atom is -0.271 e. The molecule has 0 bridgehead atoms. The predicted molar refractivity (Wildman–Crippen MR) is 83.0 cm³/mol. The summed E-state index contributed by atoms with van der Waals surface area (Å²) in [6.07, 6.45) is 4.24. The molecule has 0 radical (unpaired) electrons. The Hall–Kier alpha value is -0.510. The number of nitrogens with two attached hydrogens (primary N) is 1. The fourth-order valence-electron chi connectivity index (χ4n) is 1.93. The molecule has 1 rings (SSSR count). The van der Waals surface area contributed by atoms with E-state index < -0.39 is 0 Å². The fraction of sp³-hybridized carbons (Fsp3) is 0.600. The Morgan fingerprint density at radius 2 is 1.83 bits per heavy atom. The monoisotopic (exact) mass is 266 g/mol. The van der Waals surface area contributed by atoms with Crippen LogP contribution in [0, 0.1) is 0 Å². The Kier molecular flexibility index (Phi) is 6.19. The van der Waals surface area contributed by atoms with Crippen LogP contribution in [0.25, 0.3) is 0 Å². The lowest BCUT2D eigenvalue weighted by molar-refractivity contribution is 0.514. The lowest BCUT2D eigenvalue weighted by Gasteiger charge is -2.20. The van der Waals surface area contributed by atoms with Gasteiger partial charge in [-0.3, -0.25) is 11.3 Å². The molecule has 1 aromatic rings. The van der Waals surface area contributed by atoms with Gasteiger partial charge in [0.1, 0.15) is 0 Å². The molecule has 1 atom stereocenters. The summed E-state index contributed by atoms with van der Waals surface area (Å²) in [6.45, 7) is 6.72. The zero-order valence-electron chi connectivity index (χ0n) is 12.0. The molecule has 102 valence electrons. The second-order valence-electron chi connectivity index (χ2n) is 5.80. The average molecular weight is 266 g/mol. The van der Waals surface area contributed by atoms with Crippen LogP contribution in [0.2, 0.25) is 0 Å². The average Bonchev–Trinajstić information content (AvgIpc) is 2.34. The summed E-state index contributed by atoms with van der Waals surface area (Å²) in [6, 6.07) is 9.29. The number of thioether (sulfide) groups is 1. The maximum atomic E-state index is 5.60. The lowest BCUT2D eigenvalue weighted by Crippen LogP contribution is -2.37. The molecule has 0 fully saturated rings. The number of hydrazine groups is 1. The molecular formula is C15H26N2S. The van der Waals surface area contributed by atoms with E-state index in [0.29, 0.717) is 6.04 Å². The number of hydrogen-bond donors (Lipinski definition) is 2. The molecule has 0 aliphatic rings. The van der Waals surface area contributed by atoms with Gasteiger partial charge in [-0.2, -0.15) is 11.8 Å². The van der Waals surface area contributed by atoms with Crippen molar-refractivity contribution < 1.29 is 0 Å². The van der Waals surface area contributed by atoms with Crippen LogP contribution in [0.15, 0.2) is 24.3 Å². The van der Waals surface area contributed by atoms with Crippen molar-refractivity contribution in [1.29, 1.82) is 0 Å². The first-order valence-corrected chi connectivity index (χ1v) is 7.91. The van der Waals surface area contributed by atoms with Crippen molar-refractivity contribution in [3.63, 3.8) is 0 Å². The van der Waals surface area contributed by atoms with Gasteiger partial charge in [0.05, 0.1) is 0 Å². The molecule has 1 unspecified atom stereocenters.